The number of pyridine rings is 1. The molecule has 21 heavy (non-hydrogen) atoms. The second-order valence-electron chi connectivity index (χ2n) is 4.04. The van der Waals surface area contributed by atoms with Crippen molar-refractivity contribution >= 4 is 6.16 Å². The van der Waals surface area contributed by atoms with E-state index in [9.17, 15) is 18.0 Å². The lowest BCUT2D eigenvalue weighted by atomic mass is 10.0. The molecule has 0 N–H and O–H groups in total. The normalized spacial score (nSPS) is 11.0. The average Bonchev–Trinajstić information content (AvgIpc) is 2.46. The van der Waals surface area contributed by atoms with Crippen LogP contribution in [0.3, 0.4) is 0 Å². The predicted octanol–water partition coefficient (Wildman–Crippen LogP) is 3.91. The molecular weight excluding hydrogens is 287 g/mol. The molecule has 1 aromatic carbocycles. The van der Waals surface area contributed by atoms with E-state index in [-0.39, 0.29) is 5.75 Å². The number of aromatic nitrogens is 1. The summed E-state index contributed by atoms with van der Waals surface area (Å²) in [7, 11) is 1.15. The number of benzene rings is 1. The van der Waals surface area contributed by atoms with Crippen molar-refractivity contribution in [3.63, 3.8) is 0 Å². The third-order valence-electron chi connectivity index (χ3n) is 2.60. The van der Waals surface area contributed by atoms with Crippen molar-refractivity contribution in [1.29, 1.82) is 0 Å². The van der Waals surface area contributed by atoms with Crippen LogP contribution >= 0.6 is 0 Å². The monoisotopic (exact) mass is 297 g/mol. The maximum absolute atomic E-state index is 12.7. The molecule has 2 rings (SSSR count). The minimum absolute atomic E-state index is 0.0803. The molecule has 0 aliphatic heterocycles. The van der Waals surface area contributed by atoms with Crippen molar-refractivity contribution in [2.75, 3.05) is 7.11 Å². The number of hydrogen-bond acceptors (Lipinski definition) is 4. The lowest BCUT2D eigenvalue weighted by Crippen LogP contribution is -2.07. The number of alkyl halides is 3. The molecule has 7 heteroatoms. The standard InChI is InChI=1S/C14H10F3NO3/c1-20-13(19)21-12-6-10(7-18-8-12)9-3-2-4-11(5-9)14(15,16)17/h2-8H,1H3. The number of carbonyl (C=O) groups is 1. The number of hydrogen-bond donors (Lipinski definition) is 0. The molecule has 1 heterocycles. The molecule has 0 saturated heterocycles. The van der Waals surface area contributed by atoms with Gasteiger partial charge >= 0.3 is 12.3 Å². The Morgan fingerprint density at radius 3 is 2.57 bits per heavy atom. The summed E-state index contributed by atoms with van der Waals surface area (Å²) in [5.41, 5.74) is -0.0607. The highest BCUT2D eigenvalue weighted by atomic mass is 19.4. The highest BCUT2D eigenvalue weighted by Gasteiger charge is 2.30. The fraction of sp³-hybridized carbons (Fsp3) is 0.143. The van der Waals surface area contributed by atoms with Crippen LogP contribution in [0.1, 0.15) is 5.56 Å². The van der Waals surface area contributed by atoms with E-state index in [0.717, 1.165) is 19.2 Å². The first kappa shape index (κ1) is 14.8. The first-order valence-electron chi connectivity index (χ1n) is 5.78. The van der Waals surface area contributed by atoms with Crippen molar-refractivity contribution in [3.8, 4) is 16.9 Å². The van der Waals surface area contributed by atoms with E-state index < -0.39 is 17.9 Å². The summed E-state index contributed by atoms with van der Waals surface area (Å²) in [6.07, 6.45) is -2.73. The van der Waals surface area contributed by atoms with Crippen LogP contribution < -0.4 is 4.74 Å². The van der Waals surface area contributed by atoms with Crippen molar-refractivity contribution in [3.05, 3.63) is 48.3 Å². The molecule has 1 aromatic heterocycles. The quantitative estimate of drug-likeness (QED) is 0.788. The van der Waals surface area contributed by atoms with E-state index in [1.807, 2.05) is 0 Å². The summed E-state index contributed by atoms with van der Waals surface area (Å²) in [6.45, 7) is 0. The Morgan fingerprint density at radius 2 is 1.90 bits per heavy atom. The highest BCUT2D eigenvalue weighted by Crippen LogP contribution is 2.32. The lowest BCUT2D eigenvalue weighted by Gasteiger charge is -2.09. The Morgan fingerprint density at radius 1 is 1.14 bits per heavy atom. The summed E-state index contributed by atoms with van der Waals surface area (Å²) in [5, 5.41) is 0. The van der Waals surface area contributed by atoms with E-state index in [2.05, 4.69) is 9.72 Å². The molecule has 0 aliphatic rings. The van der Waals surface area contributed by atoms with Crippen LogP contribution in [0.4, 0.5) is 18.0 Å². The van der Waals surface area contributed by atoms with Gasteiger partial charge in [-0.15, -0.1) is 0 Å². The van der Waals surface area contributed by atoms with Gasteiger partial charge in [0, 0.05) is 11.8 Å². The summed E-state index contributed by atoms with van der Waals surface area (Å²) in [6, 6.07) is 6.18. The maximum Gasteiger partial charge on any atom is 0.513 e. The number of halogens is 3. The maximum atomic E-state index is 12.7. The smallest absolute Gasteiger partial charge is 0.437 e. The topological polar surface area (TPSA) is 48.4 Å². The van der Waals surface area contributed by atoms with Gasteiger partial charge in [-0.2, -0.15) is 13.2 Å². The largest absolute Gasteiger partial charge is 0.513 e. The van der Waals surface area contributed by atoms with Crippen LogP contribution in [-0.4, -0.2) is 18.2 Å². The minimum atomic E-state index is -4.43. The van der Waals surface area contributed by atoms with Gasteiger partial charge in [-0.3, -0.25) is 4.98 Å². The molecule has 0 unspecified atom stereocenters. The van der Waals surface area contributed by atoms with E-state index in [1.54, 1.807) is 0 Å². The molecule has 0 saturated carbocycles. The molecule has 0 spiro atoms. The third kappa shape index (κ3) is 3.71. The number of methoxy groups -OCH3 is 1. The summed E-state index contributed by atoms with van der Waals surface area (Å²) in [5.74, 6) is 0.0803. The Bertz CT molecular complexity index is 656. The van der Waals surface area contributed by atoms with E-state index in [0.29, 0.717) is 11.1 Å². The van der Waals surface area contributed by atoms with Gasteiger partial charge in [0.15, 0.2) is 5.75 Å². The zero-order chi connectivity index (χ0) is 15.5. The van der Waals surface area contributed by atoms with Gasteiger partial charge in [-0.05, 0) is 23.8 Å². The van der Waals surface area contributed by atoms with Crippen molar-refractivity contribution in [1.82, 2.24) is 4.98 Å². The van der Waals surface area contributed by atoms with Crippen molar-refractivity contribution < 1.29 is 27.4 Å². The van der Waals surface area contributed by atoms with Crippen LogP contribution in [0, 0.1) is 0 Å². The molecule has 110 valence electrons. The SMILES string of the molecule is COC(=O)Oc1cncc(-c2cccc(C(F)(F)F)c2)c1. The molecule has 0 atom stereocenters. The average molecular weight is 297 g/mol. The predicted molar refractivity (Wildman–Crippen MR) is 67.7 cm³/mol. The van der Waals surface area contributed by atoms with Gasteiger partial charge < -0.3 is 9.47 Å². The van der Waals surface area contributed by atoms with E-state index in [1.165, 1.54) is 30.6 Å². The second-order valence-corrected chi connectivity index (χ2v) is 4.04. The fourth-order valence-corrected chi connectivity index (χ4v) is 1.65. The Labute approximate surface area is 118 Å². The molecule has 0 radical (unpaired) electrons. The minimum Gasteiger partial charge on any atom is -0.437 e. The summed E-state index contributed by atoms with van der Waals surface area (Å²) < 4.78 is 47.1. The molecule has 0 bridgehead atoms. The molecule has 4 nitrogen and oxygen atoms in total. The van der Waals surface area contributed by atoms with Gasteiger partial charge in [-0.25, -0.2) is 4.79 Å². The van der Waals surface area contributed by atoms with Gasteiger partial charge in [0.05, 0.1) is 18.9 Å². The van der Waals surface area contributed by atoms with Crippen molar-refractivity contribution in [2.24, 2.45) is 0 Å². The third-order valence-corrected chi connectivity index (χ3v) is 2.60. The number of carbonyl (C=O) groups excluding carboxylic acids is 1. The highest BCUT2D eigenvalue weighted by molar-refractivity contribution is 5.68. The number of rotatable bonds is 2. The molecule has 2 aromatic rings. The molecule has 0 fully saturated rings. The zero-order valence-corrected chi connectivity index (χ0v) is 10.8. The summed E-state index contributed by atoms with van der Waals surface area (Å²) in [4.78, 5) is 14.8. The van der Waals surface area contributed by atoms with Gasteiger partial charge in [0.25, 0.3) is 0 Å². The van der Waals surface area contributed by atoms with Crippen LogP contribution in [0.25, 0.3) is 11.1 Å². The zero-order valence-electron chi connectivity index (χ0n) is 10.8. The van der Waals surface area contributed by atoms with E-state index in [4.69, 9.17) is 4.74 Å². The molecule has 0 amide bonds. The Hall–Kier alpha value is -2.57. The van der Waals surface area contributed by atoms with Gasteiger partial charge in [0.1, 0.15) is 0 Å². The second kappa shape index (κ2) is 5.82. The molecule has 0 aliphatic carbocycles. The first-order chi connectivity index (χ1) is 9.90. The van der Waals surface area contributed by atoms with Crippen LogP contribution in [-0.2, 0) is 10.9 Å². The van der Waals surface area contributed by atoms with Crippen LogP contribution in [0.5, 0.6) is 5.75 Å². The molecular formula is C14H10F3NO3. The number of nitrogens with zero attached hydrogens (tertiary/aromatic N) is 1. The fourth-order valence-electron chi connectivity index (χ4n) is 1.65. The lowest BCUT2D eigenvalue weighted by molar-refractivity contribution is -0.137. The summed E-state index contributed by atoms with van der Waals surface area (Å²) >= 11 is 0. The Balaban J connectivity index is 2.34. The number of ether oxygens (including phenoxy) is 2. The first-order valence-corrected chi connectivity index (χ1v) is 5.78. The van der Waals surface area contributed by atoms with Gasteiger partial charge in [-0.1, -0.05) is 12.1 Å². The Kier molecular flexibility index (Phi) is 4.11. The van der Waals surface area contributed by atoms with Crippen LogP contribution in [0.15, 0.2) is 42.7 Å². The van der Waals surface area contributed by atoms with E-state index >= 15 is 0 Å². The van der Waals surface area contributed by atoms with Crippen molar-refractivity contribution in [2.45, 2.75) is 6.18 Å². The van der Waals surface area contributed by atoms with Crippen LogP contribution in [0.2, 0.25) is 0 Å². The van der Waals surface area contributed by atoms with Gasteiger partial charge in [0.2, 0.25) is 0 Å².